The van der Waals surface area contributed by atoms with Crippen molar-refractivity contribution >= 4 is 27.7 Å². The summed E-state index contributed by atoms with van der Waals surface area (Å²) < 4.78 is 0. The third-order valence-corrected chi connectivity index (χ3v) is 5.80. The van der Waals surface area contributed by atoms with Crippen LogP contribution in [0.25, 0.3) is 21.8 Å². The van der Waals surface area contributed by atoms with E-state index in [2.05, 4.69) is 29.2 Å². The third kappa shape index (κ3) is 3.23. The van der Waals surface area contributed by atoms with Gasteiger partial charge in [0.15, 0.2) is 5.43 Å². The monoisotopic (exact) mass is 363 g/mol. The van der Waals surface area contributed by atoms with E-state index in [9.17, 15) is 9.59 Å². The normalized spacial score (nSPS) is 17.3. The van der Waals surface area contributed by atoms with E-state index in [0.29, 0.717) is 21.9 Å². The number of nitrogens with zero attached hydrogens (tertiary/aromatic N) is 1. The number of H-pyrrole nitrogens is 1. The second kappa shape index (κ2) is 6.50. The van der Waals surface area contributed by atoms with E-state index in [-0.39, 0.29) is 16.9 Å². The smallest absolute Gasteiger partial charge is 0.252 e. The molecule has 0 bridgehead atoms. The van der Waals surface area contributed by atoms with E-state index >= 15 is 0 Å². The summed E-state index contributed by atoms with van der Waals surface area (Å²) in [6, 6.07) is 11.1. The second-order valence-electron chi connectivity index (χ2n) is 8.03. The van der Waals surface area contributed by atoms with Crippen LogP contribution in [0.5, 0.6) is 0 Å². The Kier molecular flexibility index (Phi) is 4.27. The molecule has 140 valence electrons. The number of amides is 1. The highest BCUT2D eigenvalue weighted by molar-refractivity contribution is 6.01. The van der Waals surface area contributed by atoms with Crippen molar-refractivity contribution in [3.63, 3.8) is 0 Å². The minimum absolute atomic E-state index is 0.00307. The van der Waals surface area contributed by atoms with Gasteiger partial charge in [0.25, 0.3) is 5.91 Å². The Hall–Kier alpha value is -2.66. The lowest BCUT2D eigenvalue weighted by Crippen LogP contribution is -2.52. The Bertz CT molecular complexity index is 1090. The zero-order valence-corrected chi connectivity index (χ0v) is 16.1. The van der Waals surface area contributed by atoms with Crippen LogP contribution in [0.1, 0.15) is 35.7 Å². The van der Waals surface area contributed by atoms with E-state index < -0.39 is 0 Å². The largest absolute Gasteiger partial charge is 0.354 e. The summed E-state index contributed by atoms with van der Waals surface area (Å²) in [7, 11) is 2.11. The Labute approximate surface area is 158 Å². The van der Waals surface area contributed by atoms with Crippen LogP contribution in [0.15, 0.2) is 41.2 Å². The van der Waals surface area contributed by atoms with Gasteiger partial charge in [0.05, 0.1) is 5.52 Å². The van der Waals surface area contributed by atoms with Crippen LogP contribution < -0.4 is 10.7 Å². The number of nitrogens with one attached hydrogen (secondary N) is 2. The molecule has 1 aliphatic rings. The molecule has 1 saturated heterocycles. The first-order valence-corrected chi connectivity index (χ1v) is 9.43. The molecule has 0 spiro atoms. The molecule has 0 unspecified atom stereocenters. The predicted molar refractivity (Wildman–Crippen MR) is 109 cm³/mol. The van der Waals surface area contributed by atoms with E-state index in [1.54, 1.807) is 0 Å². The molecule has 1 aromatic heterocycles. The third-order valence-electron chi connectivity index (χ3n) is 5.80. The molecule has 0 aliphatic carbocycles. The number of pyridine rings is 1. The van der Waals surface area contributed by atoms with Gasteiger partial charge in [0.2, 0.25) is 0 Å². The quantitative estimate of drug-likeness (QED) is 0.687. The molecule has 2 N–H and O–H groups in total. The lowest BCUT2D eigenvalue weighted by Gasteiger charge is -2.38. The number of rotatable bonds is 2. The van der Waals surface area contributed by atoms with Gasteiger partial charge in [-0.3, -0.25) is 9.59 Å². The van der Waals surface area contributed by atoms with Crippen molar-refractivity contribution in [3.05, 3.63) is 57.7 Å². The van der Waals surface area contributed by atoms with Crippen molar-refractivity contribution in [1.82, 2.24) is 15.2 Å². The molecule has 3 aromatic rings. The first-order valence-electron chi connectivity index (χ1n) is 9.43. The van der Waals surface area contributed by atoms with Gasteiger partial charge < -0.3 is 15.2 Å². The molecule has 1 fully saturated rings. The summed E-state index contributed by atoms with van der Waals surface area (Å²) in [5.41, 5.74) is 2.72. The summed E-state index contributed by atoms with van der Waals surface area (Å²) in [5, 5.41) is 4.52. The Balaban J connectivity index is 1.73. The first kappa shape index (κ1) is 17.7. The molecule has 27 heavy (non-hydrogen) atoms. The van der Waals surface area contributed by atoms with Crippen molar-refractivity contribution in [3.8, 4) is 0 Å². The molecular weight excluding hydrogens is 338 g/mol. The molecule has 0 radical (unpaired) electrons. The van der Waals surface area contributed by atoms with E-state index in [1.165, 1.54) is 0 Å². The average molecular weight is 363 g/mol. The highest BCUT2D eigenvalue weighted by Gasteiger charge is 2.31. The number of para-hydroxylation sites is 1. The standard InChI is InChI=1S/C22H25N3O2/c1-14-12-17-19(23-18-7-5-4-6-15(18)20(17)26)13-16(14)21(27)24-22(2)8-10-25(3)11-9-22/h4-7,12-13H,8-11H2,1-3H3,(H,23,26)(H,24,27). The van der Waals surface area contributed by atoms with Crippen LogP contribution in [0.2, 0.25) is 0 Å². The van der Waals surface area contributed by atoms with Crippen molar-refractivity contribution in [2.24, 2.45) is 0 Å². The maximum Gasteiger partial charge on any atom is 0.252 e. The number of hydrogen-bond acceptors (Lipinski definition) is 3. The number of carbonyl (C=O) groups excluding carboxylic acids is 1. The molecule has 4 rings (SSSR count). The lowest BCUT2D eigenvalue weighted by molar-refractivity contribution is 0.0851. The summed E-state index contributed by atoms with van der Waals surface area (Å²) in [6.07, 6.45) is 1.87. The Morgan fingerprint density at radius 3 is 2.56 bits per heavy atom. The topological polar surface area (TPSA) is 65.2 Å². The van der Waals surface area contributed by atoms with Crippen LogP contribution in [-0.4, -0.2) is 41.5 Å². The summed E-state index contributed by atoms with van der Waals surface area (Å²) in [5.74, 6) is -0.0736. The number of benzene rings is 2. The minimum atomic E-state index is -0.193. The molecule has 0 saturated carbocycles. The van der Waals surface area contributed by atoms with Gasteiger partial charge in [-0.15, -0.1) is 0 Å². The zero-order valence-electron chi connectivity index (χ0n) is 16.1. The maximum atomic E-state index is 13.0. The van der Waals surface area contributed by atoms with Crippen LogP contribution in [0.3, 0.4) is 0 Å². The summed E-state index contributed by atoms with van der Waals surface area (Å²) in [6.45, 7) is 5.96. The minimum Gasteiger partial charge on any atom is -0.354 e. The number of carbonyl (C=O) groups is 1. The Morgan fingerprint density at radius 2 is 1.81 bits per heavy atom. The van der Waals surface area contributed by atoms with E-state index in [1.807, 2.05) is 43.3 Å². The summed E-state index contributed by atoms with van der Waals surface area (Å²) >= 11 is 0. The van der Waals surface area contributed by atoms with E-state index in [4.69, 9.17) is 0 Å². The van der Waals surface area contributed by atoms with Crippen LogP contribution in [0.4, 0.5) is 0 Å². The van der Waals surface area contributed by atoms with Gasteiger partial charge in [-0.25, -0.2) is 0 Å². The average Bonchev–Trinajstić information content (AvgIpc) is 2.65. The molecule has 0 atom stereocenters. The second-order valence-corrected chi connectivity index (χ2v) is 8.03. The zero-order chi connectivity index (χ0) is 19.2. The fourth-order valence-corrected chi connectivity index (χ4v) is 3.90. The number of fused-ring (bicyclic) bond motifs is 2. The number of aryl methyl sites for hydroxylation is 1. The molecule has 5 heteroatoms. The first-order chi connectivity index (χ1) is 12.9. The molecule has 1 aliphatic heterocycles. The highest BCUT2D eigenvalue weighted by atomic mass is 16.1. The fourth-order valence-electron chi connectivity index (χ4n) is 3.90. The van der Waals surface area contributed by atoms with Crippen molar-refractivity contribution in [2.75, 3.05) is 20.1 Å². The van der Waals surface area contributed by atoms with Gasteiger partial charge in [0.1, 0.15) is 0 Å². The Morgan fingerprint density at radius 1 is 1.11 bits per heavy atom. The molecule has 5 nitrogen and oxygen atoms in total. The lowest BCUT2D eigenvalue weighted by atomic mass is 9.89. The SMILES string of the molecule is Cc1cc2c(=O)c3ccccc3[nH]c2cc1C(=O)NC1(C)CCN(C)CC1. The molecule has 2 heterocycles. The van der Waals surface area contributed by atoms with E-state index in [0.717, 1.165) is 37.0 Å². The predicted octanol–water partition coefficient (Wildman–Crippen LogP) is 3.20. The van der Waals surface area contributed by atoms with Crippen LogP contribution in [-0.2, 0) is 0 Å². The van der Waals surface area contributed by atoms with Gasteiger partial charge >= 0.3 is 0 Å². The van der Waals surface area contributed by atoms with Gasteiger partial charge in [-0.2, -0.15) is 0 Å². The summed E-state index contributed by atoms with van der Waals surface area (Å²) in [4.78, 5) is 31.4. The fraction of sp³-hybridized carbons (Fsp3) is 0.364. The number of piperidine rings is 1. The van der Waals surface area contributed by atoms with Gasteiger partial charge in [0, 0.05) is 40.5 Å². The number of likely N-dealkylation sites (tertiary alicyclic amines) is 1. The maximum absolute atomic E-state index is 13.0. The van der Waals surface area contributed by atoms with Crippen LogP contribution >= 0.6 is 0 Å². The van der Waals surface area contributed by atoms with Crippen molar-refractivity contribution in [2.45, 2.75) is 32.2 Å². The van der Waals surface area contributed by atoms with Crippen LogP contribution in [0, 0.1) is 6.92 Å². The van der Waals surface area contributed by atoms with Crippen molar-refractivity contribution < 1.29 is 4.79 Å². The van der Waals surface area contributed by atoms with Gasteiger partial charge in [-0.05, 0) is 63.6 Å². The number of aromatic amines is 1. The van der Waals surface area contributed by atoms with Gasteiger partial charge in [-0.1, -0.05) is 12.1 Å². The number of aromatic nitrogens is 1. The molecule has 1 amide bonds. The highest BCUT2D eigenvalue weighted by Crippen LogP contribution is 2.23. The molecular formula is C22H25N3O2. The van der Waals surface area contributed by atoms with Crippen molar-refractivity contribution in [1.29, 1.82) is 0 Å². The molecule has 2 aromatic carbocycles. The number of hydrogen-bond donors (Lipinski definition) is 2.